The van der Waals surface area contributed by atoms with Crippen molar-refractivity contribution in [2.75, 3.05) is 13.1 Å². The van der Waals surface area contributed by atoms with Gasteiger partial charge in [-0.1, -0.05) is 154 Å². The average Bonchev–Trinajstić information content (AvgIpc) is 1.75. The molecule has 30 heteroatoms. The standard InChI is InChI=1S/C73H120N14O16/c1-20-47-61(90)84-58(43(16)17)73(102)103-45(19)60(71(100)82-55(40(10)11)67(96)80-53(38(6)7)65(94)77-49(63(92)75-47)35-46-28-22-21-23-29-46)86-69(98)54(39(8)9)79-62(91)48(30-25-33-74)76-64(93)50-31-26-34-87(50)72(101)57(42(14)15)83-68(97)56(41(12)13)81-70(99)59(44(18)88)85-66(95)52(37(4)5)78-51(89)32-24-27-36(2)3/h20-23,28-29,36-45,48-50,52-60,88H,24-27,30-35,74H2,1-19H3,(H,75,92)(H,76,93)(H,77,94)(H,78,89)(H,79,91)(H,80,96)(H,81,99)(H,82,100)(H,83,97)(H,84,90)(H,85,95)(H,86,98)/b47-20-/t44-,45-,48+,49+,50-,52-,53-,54-,55-,56+,57-,58+,59+,60-/m1/s1. The molecule has 0 spiro atoms. The number of nitrogens with one attached hydrogen (secondary N) is 12. The molecule has 103 heavy (non-hydrogen) atoms. The first-order valence-electron chi connectivity index (χ1n) is 36.4. The monoisotopic (exact) mass is 1450 g/mol. The zero-order valence-electron chi connectivity index (χ0n) is 63.8. The van der Waals surface area contributed by atoms with Crippen molar-refractivity contribution in [1.29, 1.82) is 0 Å². The second-order valence-electron chi connectivity index (χ2n) is 29.9. The van der Waals surface area contributed by atoms with Crippen LogP contribution in [0.5, 0.6) is 0 Å². The fourth-order valence-electron chi connectivity index (χ4n) is 11.8. The maximum absolute atomic E-state index is 14.9. The Hall–Kier alpha value is -8.54. The Balaban J connectivity index is 1.96. The number of allylic oxidation sites excluding steroid dienone is 1. The predicted octanol–water partition coefficient (Wildman–Crippen LogP) is 1.06. The molecule has 0 saturated carbocycles. The van der Waals surface area contributed by atoms with Crippen molar-refractivity contribution in [3.05, 3.63) is 47.7 Å². The van der Waals surface area contributed by atoms with Crippen LogP contribution in [-0.4, -0.2) is 191 Å². The Morgan fingerprint density at radius 3 is 1.59 bits per heavy atom. The lowest BCUT2D eigenvalue weighted by Gasteiger charge is -2.33. The minimum absolute atomic E-state index is 0.0366. The first-order chi connectivity index (χ1) is 48.2. The lowest BCUT2D eigenvalue weighted by Crippen LogP contribution is -2.64. The highest BCUT2D eigenvalue weighted by Gasteiger charge is 2.44. The summed E-state index contributed by atoms with van der Waals surface area (Å²) in [5, 5.41) is 42.8. The van der Waals surface area contributed by atoms with Crippen LogP contribution in [0.4, 0.5) is 0 Å². The normalized spacial score (nSPS) is 22.2. The van der Waals surface area contributed by atoms with E-state index in [0.717, 1.165) is 6.42 Å². The van der Waals surface area contributed by atoms with Gasteiger partial charge >= 0.3 is 5.97 Å². The van der Waals surface area contributed by atoms with Gasteiger partial charge in [0, 0.05) is 19.4 Å². The number of rotatable bonds is 31. The second kappa shape index (κ2) is 42.3. The topological polar surface area (TPSA) is 442 Å². The number of cyclic esters (lactones) is 1. The van der Waals surface area contributed by atoms with Gasteiger partial charge in [-0.25, -0.2) is 4.79 Å². The van der Waals surface area contributed by atoms with Crippen molar-refractivity contribution in [2.24, 2.45) is 53.1 Å². The number of esters is 1. The maximum Gasteiger partial charge on any atom is 0.329 e. The fraction of sp³-hybridized carbons (Fsp3) is 0.699. The average molecular weight is 1450 g/mol. The van der Waals surface area contributed by atoms with Gasteiger partial charge in [0.25, 0.3) is 5.91 Å². The summed E-state index contributed by atoms with van der Waals surface area (Å²) in [5.41, 5.74) is 6.30. The lowest BCUT2D eigenvalue weighted by molar-refractivity contribution is -0.157. The van der Waals surface area contributed by atoms with E-state index in [1.807, 2.05) is 13.8 Å². The van der Waals surface area contributed by atoms with Gasteiger partial charge in [-0.05, 0) is 112 Å². The van der Waals surface area contributed by atoms with E-state index in [1.54, 1.807) is 127 Å². The molecule has 2 saturated heterocycles. The summed E-state index contributed by atoms with van der Waals surface area (Å²) < 4.78 is 5.91. The van der Waals surface area contributed by atoms with E-state index in [2.05, 4.69) is 63.8 Å². The van der Waals surface area contributed by atoms with E-state index in [4.69, 9.17) is 10.5 Å². The molecule has 2 fully saturated rings. The summed E-state index contributed by atoms with van der Waals surface area (Å²) >= 11 is 0. The zero-order valence-corrected chi connectivity index (χ0v) is 63.8. The van der Waals surface area contributed by atoms with E-state index < -0.39 is 203 Å². The predicted molar refractivity (Wildman–Crippen MR) is 386 cm³/mol. The number of nitrogens with zero attached hydrogens (tertiary/aromatic N) is 1. The Morgan fingerprint density at radius 1 is 0.583 bits per heavy atom. The molecule has 2 heterocycles. The van der Waals surface area contributed by atoms with Crippen LogP contribution >= 0.6 is 0 Å². The van der Waals surface area contributed by atoms with E-state index in [-0.39, 0.29) is 56.8 Å². The molecule has 0 bridgehead atoms. The summed E-state index contributed by atoms with van der Waals surface area (Å²) in [6.07, 6.45) is 0.444. The third kappa shape index (κ3) is 27.2. The summed E-state index contributed by atoms with van der Waals surface area (Å²) in [7, 11) is 0. The number of ether oxygens (including phenoxy) is 1. The highest BCUT2D eigenvalue weighted by atomic mass is 16.5. The Kier molecular flexibility index (Phi) is 36.4. The van der Waals surface area contributed by atoms with Gasteiger partial charge in [0.05, 0.1) is 6.10 Å². The zero-order chi connectivity index (χ0) is 78.0. The van der Waals surface area contributed by atoms with Gasteiger partial charge in [-0.15, -0.1) is 0 Å². The van der Waals surface area contributed by atoms with Crippen LogP contribution in [0.1, 0.15) is 182 Å². The summed E-state index contributed by atoms with van der Waals surface area (Å²) in [4.78, 5) is 201. The minimum Gasteiger partial charge on any atom is -0.458 e. The molecule has 15 N–H and O–H groups in total. The van der Waals surface area contributed by atoms with Crippen LogP contribution in [0.15, 0.2) is 42.1 Å². The van der Waals surface area contributed by atoms with E-state index in [9.17, 15) is 72.2 Å². The molecule has 578 valence electrons. The van der Waals surface area contributed by atoms with Crippen molar-refractivity contribution >= 4 is 82.8 Å². The highest BCUT2D eigenvalue weighted by molar-refractivity contribution is 6.03. The molecule has 3 rings (SSSR count). The number of carbonyl (C=O) groups excluding carboxylic acids is 14. The smallest absolute Gasteiger partial charge is 0.329 e. The second-order valence-corrected chi connectivity index (χ2v) is 29.9. The molecule has 0 unspecified atom stereocenters. The van der Waals surface area contributed by atoms with Crippen LogP contribution < -0.4 is 69.5 Å². The number of amides is 13. The molecular formula is C73H120N14O16. The largest absolute Gasteiger partial charge is 0.458 e. The Labute approximate surface area is 607 Å². The van der Waals surface area contributed by atoms with Crippen LogP contribution in [0.3, 0.4) is 0 Å². The third-order valence-electron chi connectivity index (χ3n) is 18.2. The molecule has 0 aromatic heterocycles. The number of hydrogen-bond acceptors (Lipinski definition) is 17. The summed E-state index contributed by atoms with van der Waals surface area (Å²) in [5.74, 6) is -15.3. The minimum atomic E-state index is -1.83. The molecule has 2 aliphatic heterocycles. The Bertz CT molecular complexity index is 3120. The van der Waals surface area contributed by atoms with Gasteiger partial charge in [-0.2, -0.15) is 0 Å². The van der Waals surface area contributed by atoms with Crippen molar-refractivity contribution < 1.29 is 77.0 Å². The van der Waals surface area contributed by atoms with E-state index >= 15 is 0 Å². The number of likely N-dealkylation sites (tertiary alicyclic amines) is 1. The highest BCUT2D eigenvalue weighted by Crippen LogP contribution is 2.23. The molecule has 2 aliphatic rings. The number of benzene rings is 1. The van der Waals surface area contributed by atoms with Crippen molar-refractivity contribution in [3.63, 3.8) is 0 Å². The number of aliphatic hydroxyl groups is 1. The van der Waals surface area contributed by atoms with Crippen LogP contribution in [0.2, 0.25) is 0 Å². The third-order valence-corrected chi connectivity index (χ3v) is 18.2. The van der Waals surface area contributed by atoms with Gasteiger partial charge < -0.3 is 84.3 Å². The lowest BCUT2D eigenvalue weighted by atomic mass is 9.98. The number of nitrogens with two attached hydrogens (primary N) is 1. The first kappa shape index (κ1) is 88.7. The SMILES string of the molecule is C/C=C1\NC(=O)[C@H](Cc2ccccc2)NC(=O)[C@@H](C(C)C)NC(=O)[C@@H](C(C)C)NC(=O)[C@H](NC(=O)[C@H](NC(=O)[C@H](CCCN)NC(=O)[C@H]2CCCN2C(=O)[C@H](NC(=O)[C@@H](NC(=O)[C@@H](NC(=O)[C@H](NC(=O)CCCC(C)C)C(C)C)[C@@H](C)O)C(C)C)C(C)C)C(C)C)[C@@H](C)OC(=O)[C@H](C(C)C)NC1=O. The maximum atomic E-state index is 14.9. The van der Waals surface area contributed by atoms with Crippen molar-refractivity contribution in [1.82, 2.24) is 68.7 Å². The van der Waals surface area contributed by atoms with Gasteiger partial charge in [0.1, 0.15) is 84.3 Å². The van der Waals surface area contributed by atoms with Gasteiger partial charge in [0.2, 0.25) is 70.9 Å². The number of carbonyl (C=O) groups is 14. The molecule has 13 amide bonds. The van der Waals surface area contributed by atoms with Crippen LogP contribution in [0.25, 0.3) is 0 Å². The van der Waals surface area contributed by atoms with Crippen LogP contribution in [-0.2, 0) is 78.3 Å². The van der Waals surface area contributed by atoms with Crippen molar-refractivity contribution in [2.45, 2.75) is 268 Å². The Morgan fingerprint density at radius 2 is 1.08 bits per heavy atom. The van der Waals surface area contributed by atoms with Crippen molar-refractivity contribution in [3.8, 4) is 0 Å². The summed E-state index contributed by atoms with van der Waals surface area (Å²) in [6, 6.07) is -7.71. The molecular weight excluding hydrogens is 1330 g/mol. The number of aliphatic hydroxyl groups excluding tert-OH is 1. The van der Waals surface area contributed by atoms with E-state index in [1.165, 1.54) is 31.7 Å². The number of hydrogen-bond donors (Lipinski definition) is 14. The molecule has 14 atom stereocenters. The van der Waals surface area contributed by atoms with Crippen LogP contribution in [0, 0.1) is 47.3 Å². The summed E-state index contributed by atoms with van der Waals surface area (Å²) in [6.45, 7) is 31.3. The molecule has 0 aliphatic carbocycles. The van der Waals surface area contributed by atoms with E-state index in [0.29, 0.717) is 24.3 Å². The quantitative estimate of drug-likeness (QED) is 0.0365. The fourth-order valence-corrected chi connectivity index (χ4v) is 11.8. The van der Waals surface area contributed by atoms with Gasteiger partial charge in [-0.3, -0.25) is 62.3 Å². The molecule has 0 radical (unpaired) electrons. The molecule has 1 aromatic carbocycles. The first-order valence-corrected chi connectivity index (χ1v) is 36.4. The van der Waals surface area contributed by atoms with Gasteiger partial charge in [0.15, 0.2) is 0 Å². The molecule has 1 aromatic rings. The molecule has 30 nitrogen and oxygen atoms in total.